The minimum atomic E-state index is -1.35. The number of rotatable bonds is 8. The first-order valence-corrected chi connectivity index (χ1v) is 11.6. The minimum Gasteiger partial charge on any atom is -0.497 e. The van der Waals surface area contributed by atoms with Crippen molar-refractivity contribution in [2.24, 2.45) is 0 Å². The lowest BCUT2D eigenvalue weighted by Crippen LogP contribution is -2.45. The molecule has 0 bridgehead atoms. The molecule has 3 N–H and O–H groups in total. The van der Waals surface area contributed by atoms with Gasteiger partial charge in [-0.25, -0.2) is 4.79 Å². The number of carbonyl (C=O) groups excluding carboxylic acids is 2. The second kappa shape index (κ2) is 10.6. The van der Waals surface area contributed by atoms with Crippen molar-refractivity contribution in [1.29, 1.82) is 0 Å². The Balaban J connectivity index is 1.44. The summed E-state index contributed by atoms with van der Waals surface area (Å²) in [6.07, 6.45) is -1.49. The van der Waals surface area contributed by atoms with Gasteiger partial charge in [0.05, 0.1) is 19.2 Å². The number of carbonyl (C=O) groups is 3. The average Bonchev–Trinajstić information content (AvgIpc) is 3.17. The molecule has 9 heteroatoms. The van der Waals surface area contributed by atoms with Crippen LogP contribution in [0, 0.1) is 0 Å². The highest BCUT2D eigenvalue weighted by molar-refractivity contribution is 9.10. The van der Waals surface area contributed by atoms with Gasteiger partial charge >= 0.3 is 12.1 Å². The van der Waals surface area contributed by atoms with Crippen LogP contribution >= 0.6 is 15.9 Å². The van der Waals surface area contributed by atoms with E-state index in [0.29, 0.717) is 15.9 Å². The number of halogens is 1. The van der Waals surface area contributed by atoms with Crippen LogP contribution in [0.1, 0.15) is 23.5 Å². The highest BCUT2D eigenvalue weighted by Crippen LogP contribution is 2.44. The predicted octanol–water partition coefficient (Wildman–Crippen LogP) is 4.78. The van der Waals surface area contributed by atoms with Crippen LogP contribution in [0.2, 0.25) is 0 Å². The first kappa shape index (κ1) is 24.3. The lowest BCUT2D eigenvalue weighted by molar-refractivity contribution is -0.139. The van der Waals surface area contributed by atoms with Gasteiger partial charge in [-0.2, -0.15) is 0 Å². The molecule has 0 aromatic heterocycles. The largest absolute Gasteiger partial charge is 0.497 e. The molecule has 2 amide bonds. The summed E-state index contributed by atoms with van der Waals surface area (Å²) in [5, 5.41) is 14.3. The smallest absolute Gasteiger partial charge is 0.407 e. The van der Waals surface area contributed by atoms with Crippen molar-refractivity contribution >= 4 is 39.6 Å². The number of ether oxygens (including phenoxy) is 2. The van der Waals surface area contributed by atoms with Gasteiger partial charge in [0, 0.05) is 16.5 Å². The van der Waals surface area contributed by atoms with E-state index in [9.17, 15) is 19.5 Å². The fraction of sp³-hybridized carbons (Fsp3) is 0.192. The second-order valence-corrected chi connectivity index (χ2v) is 8.81. The SMILES string of the molecule is COc1ccc(Br)c(NC(=O)C(CC(=O)O)NC(=O)OCC2c3ccccc3-c3ccccc32)c1. The third-order valence-corrected chi connectivity index (χ3v) is 6.45. The summed E-state index contributed by atoms with van der Waals surface area (Å²) in [6.45, 7) is 0.0443. The lowest BCUT2D eigenvalue weighted by atomic mass is 9.98. The molecule has 0 radical (unpaired) electrons. The molecule has 1 aliphatic carbocycles. The Kier molecular flexibility index (Phi) is 7.36. The average molecular weight is 539 g/mol. The van der Waals surface area contributed by atoms with E-state index in [4.69, 9.17) is 9.47 Å². The molecule has 0 spiro atoms. The monoisotopic (exact) mass is 538 g/mol. The molecule has 0 aliphatic heterocycles. The van der Waals surface area contributed by atoms with E-state index in [1.807, 2.05) is 48.5 Å². The third-order valence-electron chi connectivity index (χ3n) is 5.76. The Morgan fingerprint density at radius 1 is 1.00 bits per heavy atom. The van der Waals surface area contributed by atoms with Crippen LogP contribution in [-0.2, 0) is 14.3 Å². The Bertz CT molecular complexity index is 1230. The third kappa shape index (κ3) is 5.46. The van der Waals surface area contributed by atoms with Gasteiger partial charge in [-0.05, 0) is 50.3 Å². The molecular formula is C26H23BrN2O6. The molecule has 1 aliphatic rings. The number of methoxy groups -OCH3 is 1. The van der Waals surface area contributed by atoms with Gasteiger partial charge in [0.25, 0.3) is 0 Å². The summed E-state index contributed by atoms with van der Waals surface area (Å²) < 4.78 is 11.2. The van der Waals surface area contributed by atoms with Crippen molar-refractivity contribution in [2.45, 2.75) is 18.4 Å². The summed E-state index contributed by atoms with van der Waals surface area (Å²) in [7, 11) is 1.49. The number of fused-ring (bicyclic) bond motifs is 3. The Morgan fingerprint density at radius 3 is 2.23 bits per heavy atom. The van der Waals surface area contributed by atoms with Crippen LogP contribution < -0.4 is 15.4 Å². The highest BCUT2D eigenvalue weighted by Gasteiger charge is 2.30. The maximum atomic E-state index is 12.8. The van der Waals surface area contributed by atoms with Gasteiger partial charge in [-0.3, -0.25) is 9.59 Å². The zero-order valence-corrected chi connectivity index (χ0v) is 20.4. The fourth-order valence-corrected chi connectivity index (χ4v) is 4.46. The first-order valence-electron chi connectivity index (χ1n) is 10.8. The molecule has 180 valence electrons. The molecule has 0 saturated carbocycles. The van der Waals surface area contributed by atoms with Gasteiger partial charge in [-0.15, -0.1) is 0 Å². The van der Waals surface area contributed by atoms with Gasteiger partial charge in [0.2, 0.25) is 5.91 Å². The molecule has 0 fully saturated rings. The molecule has 0 saturated heterocycles. The highest BCUT2D eigenvalue weighted by atomic mass is 79.9. The summed E-state index contributed by atoms with van der Waals surface area (Å²) >= 11 is 3.33. The standard InChI is InChI=1S/C26H23BrN2O6/c1-34-15-10-11-21(27)22(12-15)28-25(32)23(13-24(30)31)29-26(33)35-14-20-18-8-4-2-6-16(18)17-7-3-5-9-19(17)20/h2-12,20,23H,13-14H2,1H3,(H,28,32)(H,29,33)(H,30,31). The number of nitrogens with one attached hydrogen (secondary N) is 2. The number of carboxylic acid groups (broad SMARTS) is 1. The Morgan fingerprint density at radius 2 is 1.63 bits per heavy atom. The number of hydrogen-bond acceptors (Lipinski definition) is 5. The van der Waals surface area contributed by atoms with Gasteiger partial charge in [0.15, 0.2) is 0 Å². The number of amides is 2. The fourth-order valence-electron chi connectivity index (χ4n) is 4.11. The number of anilines is 1. The number of alkyl carbamates (subject to hydrolysis) is 1. The van der Waals surface area contributed by atoms with Crippen LogP contribution in [0.3, 0.4) is 0 Å². The normalized spacial score (nSPS) is 12.7. The molecule has 4 rings (SSSR count). The molecule has 3 aromatic rings. The van der Waals surface area contributed by atoms with Crippen LogP contribution in [0.25, 0.3) is 11.1 Å². The van der Waals surface area contributed by atoms with Crippen LogP contribution in [0.15, 0.2) is 71.2 Å². The van der Waals surface area contributed by atoms with Crippen LogP contribution in [-0.4, -0.2) is 42.8 Å². The van der Waals surface area contributed by atoms with Gasteiger partial charge in [0.1, 0.15) is 18.4 Å². The van der Waals surface area contributed by atoms with Crippen LogP contribution in [0.5, 0.6) is 5.75 Å². The lowest BCUT2D eigenvalue weighted by Gasteiger charge is -2.19. The Labute approximate surface area is 210 Å². The molecular weight excluding hydrogens is 516 g/mol. The molecule has 3 aromatic carbocycles. The van der Waals surface area contributed by atoms with E-state index >= 15 is 0 Å². The summed E-state index contributed by atoms with van der Waals surface area (Å²) in [6, 6.07) is 19.4. The van der Waals surface area contributed by atoms with E-state index in [1.165, 1.54) is 7.11 Å². The molecule has 8 nitrogen and oxygen atoms in total. The van der Waals surface area contributed by atoms with Crippen molar-refractivity contribution in [3.8, 4) is 16.9 Å². The topological polar surface area (TPSA) is 114 Å². The summed E-state index contributed by atoms with van der Waals surface area (Å²) in [5.74, 6) is -1.60. The molecule has 1 atom stereocenters. The zero-order chi connectivity index (χ0) is 24.9. The number of aliphatic carboxylic acids is 1. The van der Waals surface area contributed by atoms with Crippen molar-refractivity contribution in [3.63, 3.8) is 0 Å². The number of carboxylic acids is 1. The zero-order valence-electron chi connectivity index (χ0n) is 18.8. The van der Waals surface area contributed by atoms with Crippen molar-refractivity contribution in [3.05, 3.63) is 82.3 Å². The number of benzene rings is 3. The maximum Gasteiger partial charge on any atom is 0.407 e. The van der Waals surface area contributed by atoms with E-state index < -0.39 is 30.4 Å². The van der Waals surface area contributed by atoms with Gasteiger partial charge < -0.3 is 25.2 Å². The maximum absolute atomic E-state index is 12.8. The Hall–Kier alpha value is -3.85. The number of hydrogen-bond donors (Lipinski definition) is 3. The van der Waals surface area contributed by atoms with Crippen molar-refractivity contribution in [2.75, 3.05) is 19.0 Å². The second-order valence-electron chi connectivity index (χ2n) is 7.96. The quantitative estimate of drug-likeness (QED) is 0.380. The predicted molar refractivity (Wildman–Crippen MR) is 134 cm³/mol. The summed E-state index contributed by atoms with van der Waals surface area (Å²) in [4.78, 5) is 36.8. The van der Waals surface area contributed by atoms with E-state index in [0.717, 1.165) is 22.3 Å². The minimum absolute atomic E-state index is 0.0443. The van der Waals surface area contributed by atoms with Crippen molar-refractivity contribution in [1.82, 2.24) is 5.32 Å². The van der Waals surface area contributed by atoms with E-state index in [2.05, 4.69) is 26.6 Å². The molecule has 1 unspecified atom stereocenters. The van der Waals surface area contributed by atoms with E-state index in [1.54, 1.807) is 18.2 Å². The molecule has 35 heavy (non-hydrogen) atoms. The van der Waals surface area contributed by atoms with E-state index in [-0.39, 0.29) is 12.5 Å². The van der Waals surface area contributed by atoms with Gasteiger partial charge in [-0.1, -0.05) is 48.5 Å². The first-order chi connectivity index (χ1) is 16.9. The van der Waals surface area contributed by atoms with Crippen molar-refractivity contribution < 1.29 is 29.0 Å². The molecule has 0 heterocycles. The summed E-state index contributed by atoms with van der Waals surface area (Å²) in [5.41, 5.74) is 4.64. The van der Waals surface area contributed by atoms with Crippen LogP contribution in [0.4, 0.5) is 10.5 Å².